The van der Waals surface area contributed by atoms with Crippen molar-refractivity contribution in [3.05, 3.63) is 28.2 Å². The Labute approximate surface area is 80.8 Å². The van der Waals surface area contributed by atoms with E-state index in [4.69, 9.17) is 0 Å². The van der Waals surface area contributed by atoms with Crippen molar-refractivity contribution in [3.8, 4) is 0 Å². The van der Waals surface area contributed by atoms with E-state index in [1.165, 1.54) is 0 Å². The lowest BCUT2D eigenvalue weighted by Gasteiger charge is -1.99. The van der Waals surface area contributed by atoms with Crippen LogP contribution in [0.15, 0.2) is 27.7 Å². The van der Waals surface area contributed by atoms with E-state index in [2.05, 4.69) is 26.2 Å². The molecule has 0 heterocycles. The highest BCUT2D eigenvalue weighted by atomic mass is 79.9. The van der Waals surface area contributed by atoms with Crippen molar-refractivity contribution in [2.75, 3.05) is 7.05 Å². The Kier molecular flexibility index (Phi) is 3.29. The van der Waals surface area contributed by atoms with Gasteiger partial charge in [-0.05, 0) is 30.7 Å². The first-order valence-corrected chi connectivity index (χ1v) is 4.49. The molecule has 0 fully saturated rings. The largest absolute Gasteiger partial charge is 0.379 e. The molecule has 0 unspecified atom stereocenters. The number of nitrogens with one attached hydrogen (secondary N) is 1. The lowest BCUT2D eigenvalue weighted by molar-refractivity contribution is 1.20. The number of rotatable bonds is 2. The van der Waals surface area contributed by atoms with Crippen LogP contribution in [-0.4, -0.2) is 13.4 Å². The first-order chi connectivity index (χ1) is 5.74. The van der Waals surface area contributed by atoms with Crippen molar-refractivity contribution >= 4 is 28.0 Å². The first-order valence-electron chi connectivity index (χ1n) is 3.70. The molecule has 2 nitrogen and oxygen atoms in total. The molecule has 0 spiro atoms. The van der Waals surface area contributed by atoms with Gasteiger partial charge in [-0.15, -0.1) is 0 Å². The molecule has 1 rings (SSSR count). The molecule has 0 amide bonds. The second-order valence-electron chi connectivity index (χ2n) is 2.48. The first kappa shape index (κ1) is 9.26. The summed E-state index contributed by atoms with van der Waals surface area (Å²) in [4.78, 5) is 4.21. The van der Waals surface area contributed by atoms with Crippen molar-refractivity contribution in [1.29, 1.82) is 0 Å². The topological polar surface area (TPSA) is 24.4 Å². The number of halogens is 1. The molecule has 0 atom stereocenters. The van der Waals surface area contributed by atoms with Gasteiger partial charge in [-0.1, -0.05) is 15.9 Å². The molecule has 64 valence electrons. The van der Waals surface area contributed by atoms with Gasteiger partial charge in [0.1, 0.15) is 0 Å². The predicted octanol–water partition coefficient (Wildman–Crippen LogP) is 2.64. The van der Waals surface area contributed by atoms with Gasteiger partial charge in [0.15, 0.2) is 0 Å². The normalized spacial score (nSPS) is 10.6. The van der Waals surface area contributed by atoms with Gasteiger partial charge in [0.2, 0.25) is 0 Å². The highest BCUT2D eigenvalue weighted by Gasteiger charge is 1.94. The molecule has 1 aromatic carbocycles. The molecule has 0 bridgehead atoms. The molecule has 0 aliphatic rings. The summed E-state index contributed by atoms with van der Waals surface area (Å²) in [6, 6.07) is 6.00. The van der Waals surface area contributed by atoms with Crippen LogP contribution < -0.4 is 5.32 Å². The Balaban J connectivity index is 2.94. The van der Waals surface area contributed by atoms with Crippen molar-refractivity contribution in [1.82, 2.24) is 5.32 Å². The highest BCUT2D eigenvalue weighted by Crippen LogP contribution is 2.21. The maximum Gasteiger partial charge on any atom is 0.0883 e. The third-order valence-corrected chi connectivity index (χ3v) is 1.98. The summed E-state index contributed by atoms with van der Waals surface area (Å²) < 4.78 is 1.09. The SMILES string of the molecule is CN/C=N/c1ccc(Br)cc1C. The Morgan fingerprint density at radius 2 is 2.25 bits per heavy atom. The molecule has 0 aromatic heterocycles. The number of hydrogen-bond donors (Lipinski definition) is 1. The quantitative estimate of drug-likeness (QED) is 0.609. The number of benzene rings is 1. The fourth-order valence-corrected chi connectivity index (χ4v) is 1.37. The third kappa shape index (κ3) is 2.34. The van der Waals surface area contributed by atoms with Crippen LogP contribution in [0.5, 0.6) is 0 Å². The van der Waals surface area contributed by atoms with E-state index < -0.39 is 0 Å². The maximum absolute atomic E-state index is 4.21. The van der Waals surface area contributed by atoms with Crippen molar-refractivity contribution in [2.45, 2.75) is 6.92 Å². The van der Waals surface area contributed by atoms with Crippen molar-refractivity contribution in [2.24, 2.45) is 4.99 Å². The van der Waals surface area contributed by atoms with Gasteiger partial charge in [0.25, 0.3) is 0 Å². The molecule has 12 heavy (non-hydrogen) atoms. The minimum absolute atomic E-state index is 0.993. The number of hydrogen-bond acceptors (Lipinski definition) is 1. The van der Waals surface area contributed by atoms with E-state index in [1.807, 2.05) is 32.2 Å². The van der Waals surface area contributed by atoms with Crippen molar-refractivity contribution < 1.29 is 0 Å². The van der Waals surface area contributed by atoms with Gasteiger partial charge in [-0.25, -0.2) is 4.99 Å². The van der Waals surface area contributed by atoms with E-state index in [9.17, 15) is 0 Å². The van der Waals surface area contributed by atoms with E-state index >= 15 is 0 Å². The Bertz CT molecular complexity index is 295. The standard InChI is InChI=1S/C9H11BrN2/c1-7-5-8(10)3-4-9(7)12-6-11-2/h3-6H,1-2H3,(H,11,12). The van der Waals surface area contributed by atoms with Gasteiger partial charge < -0.3 is 5.32 Å². The zero-order valence-corrected chi connectivity index (χ0v) is 8.72. The van der Waals surface area contributed by atoms with Gasteiger partial charge in [-0.2, -0.15) is 0 Å². The Hall–Kier alpha value is -0.830. The van der Waals surface area contributed by atoms with Crippen LogP contribution in [0.4, 0.5) is 5.69 Å². The number of nitrogens with zero attached hydrogens (tertiary/aromatic N) is 1. The summed E-state index contributed by atoms with van der Waals surface area (Å²) in [5, 5.41) is 2.85. The minimum atomic E-state index is 0.993. The van der Waals surface area contributed by atoms with Crippen LogP contribution in [-0.2, 0) is 0 Å². The molecular weight excluding hydrogens is 216 g/mol. The second-order valence-corrected chi connectivity index (χ2v) is 3.39. The lowest BCUT2D eigenvalue weighted by Crippen LogP contribution is -1.99. The van der Waals surface area contributed by atoms with E-state index in [0.717, 1.165) is 15.7 Å². The summed E-state index contributed by atoms with van der Waals surface area (Å²) in [5.74, 6) is 0. The average Bonchev–Trinajstić information content (AvgIpc) is 2.03. The minimum Gasteiger partial charge on any atom is -0.379 e. The lowest BCUT2D eigenvalue weighted by atomic mass is 10.2. The monoisotopic (exact) mass is 226 g/mol. The molecular formula is C9H11BrN2. The van der Waals surface area contributed by atoms with Crippen molar-refractivity contribution in [3.63, 3.8) is 0 Å². The molecule has 0 aliphatic carbocycles. The van der Waals surface area contributed by atoms with E-state index in [0.29, 0.717) is 0 Å². The highest BCUT2D eigenvalue weighted by molar-refractivity contribution is 9.10. The maximum atomic E-state index is 4.21. The summed E-state index contributed by atoms with van der Waals surface area (Å²) in [7, 11) is 1.83. The molecule has 0 radical (unpaired) electrons. The fraction of sp³-hybridized carbons (Fsp3) is 0.222. The summed E-state index contributed by atoms with van der Waals surface area (Å²) in [6.45, 7) is 2.03. The number of aliphatic imine (C=N–C) groups is 1. The molecule has 3 heteroatoms. The predicted molar refractivity (Wildman–Crippen MR) is 56.1 cm³/mol. The number of aryl methyl sites for hydroxylation is 1. The van der Waals surface area contributed by atoms with Crippen LogP contribution in [0.3, 0.4) is 0 Å². The van der Waals surface area contributed by atoms with Gasteiger partial charge in [-0.3, -0.25) is 0 Å². The smallest absolute Gasteiger partial charge is 0.0883 e. The van der Waals surface area contributed by atoms with Crippen LogP contribution in [0, 0.1) is 6.92 Å². The zero-order chi connectivity index (χ0) is 8.97. The summed E-state index contributed by atoms with van der Waals surface area (Å²) in [6.07, 6.45) is 1.68. The third-order valence-electron chi connectivity index (χ3n) is 1.49. The van der Waals surface area contributed by atoms with Crippen LogP contribution in [0.2, 0.25) is 0 Å². The van der Waals surface area contributed by atoms with E-state index in [1.54, 1.807) is 6.34 Å². The van der Waals surface area contributed by atoms with Crippen LogP contribution in [0.25, 0.3) is 0 Å². The van der Waals surface area contributed by atoms with Crippen LogP contribution >= 0.6 is 15.9 Å². The van der Waals surface area contributed by atoms with Gasteiger partial charge >= 0.3 is 0 Å². The average molecular weight is 227 g/mol. The van der Waals surface area contributed by atoms with Gasteiger partial charge in [0, 0.05) is 11.5 Å². The second kappa shape index (κ2) is 4.26. The fourth-order valence-electron chi connectivity index (χ4n) is 0.898. The van der Waals surface area contributed by atoms with Crippen LogP contribution in [0.1, 0.15) is 5.56 Å². The molecule has 1 aromatic rings. The Morgan fingerprint density at radius 1 is 1.50 bits per heavy atom. The van der Waals surface area contributed by atoms with E-state index in [-0.39, 0.29) is 0 Å². The molecule has 0 aliphatic heterocycles. The molecule has 0 saturated heterocycles. The molecule has 0 saturated carbocycles. The summed E-state index contributed by atoms with van der Waals surface area (Å²) >= 11 is 3.40. The zero-order valence-electron chi connectivity index (χ0n) is 7.13. The van der Waals surface area contributed by atoms with Gasteiger partial charge in [0.05, 0.1) is 12.0 Å². The summed E-state index contributed by atoms with van der Waals surface area (Å²) in [5.41, 5.74) is 2.16. The Morgan fingerprint density at radius 3 is 2.83 bits per heavy atom. The molecule has 1 N–H and O–H groups in total.